The molecule has 0 spiro atoms. The Morgan fingerprint density at radius 2 is 1.38 bits per heavy atom. The van der Waals surface area contributed by atoms with E-state index < -0.39 is 12.2 Å². The zero-order chi connectivity index (χ0) is 41.1. The molecule has 308 valence electrons. The molecule has 1 aliphatic heterocycles. The molecule has 1 heterocycles. The minimum atomic E-state index is -0.450. The summed E-state index contributed by atoms with van der Waals surface area (Å²) in [6, 6.07) is 34.5. The van der Waals surface area contributed by atoms with Gasteiger partial charge in [-0.2, -0.15) is 0 Å². The van der Waals surface area contributed by atoms with Crippen LogP contribution in [0.15, 0.2) is 109 Å². The van der Waals surface area contributed by atoms with E-state index in [0.29, 0.717) is 56.7 Å². The number of para-hydroxylation sites is 1. The van der Waals surface area contributed by atoms with Crippen LogP contribution in [-0.2, 0) is 25.7 Å². The summed E-state index contributed by atoms with van der Waals surface area (Å²) in [5, 5.41) is 5.93. The number of likely N-dealkylation sites (tertiary alicyclic amines) is 1. The van der Waals surface area contributed by atoms with Gasteiger partial charge in [0.05, 0.1) is 5.69 Å². The lowest BCUT2D eigenvalue weighted by atomic mass is 10.0. The van der Waals surface area contributed by atoms with Crippen molar-refractivity contribution in [1.29, 1.82) is 0 Å². The van der Waals surface area contributed by atoms with Crippen molar-refractivity contribution < 1.29 is 28.7 Å². The fourth-order valence-corrected chi connectivity index (χ4v) is 6.86. The molecule has 1 saturated heterocycles. The quantitative estimate of drug-likeness (QED) is 0.0924. The Labute approximate surface area is 343 Å². The monoisotopic (exact) mass is 790 g/mol. The highest BCUT2D eigenvalue weighted by Gasteiger charge is 2.24. The zero-order valence-corrected chi connectivity index (χ0v) is 34.1. The Balaban J connectivity index is 1.01. The first kappa shape index (κ1) is 43.4. The summed E-state index contributed by atoms with van der Waals surface area (Å²) in [4.78, 5) is 59.1. The number of hydrogen-bond acceptors (Lipinski definition) is 8. The number of hydrogen-bond donors (Lipinski definition) is 2. The fraction of sp³-hybridized carbons (Fsp3) is 0.391. The van der Waals surface area contributed by atoms with Crippen molar-refractivity contribution in [3.63, 3.8) is 0 Å². The first-order chi connectivity index (χ1) is 28.2. The number of carbonyl (C=O) groups is 4. The van der Waals surface area contributed by atoms with Crippen LogP contribution in [0, 0.1) is 0 Å². The molecule has 58 heavy (non-hydrogen) atoms. The molecule has 0 aliphatic carbocycles. The van der Waals surface area contributed by atoms with E-state index in [9.17, 15) is 19.2 Å². The van der Waals surface area contributed by atoms with Crippen molar-refractivity contribution in [2.45, 2.75) is 57.7 Å². The lowest BCUT2D eigenvalue weighted by molar-refractivity contribution is -0.130. The summed E-state index contributed by atoms with van der Waals surface area (Å²) >= 11 is 0. The highest BCUT2D eigenvalue weighted by molar-refractivity contribution is 5.94. The van der Waals surface area contributed by atoms with Gasteiger partial charge in [-0.05, 0) is 74.2 Å². The molecule has 0 atom stereocenters. The van der Waals surface area contributed by atoms with Crippen LogP contribution in [0.25, 0.3) is 11.1 Å². The molecule has 4 amide bonds. The highest BCUT2D eigenvalue weighted by atomic mass is 16.6. The third-order valence-electron chi connectivity index (χ3n) is 10.4. The second kappa shape index (κ2) is 22.9. The van der Waals surface area contributed by atoms with Crippen molar-refractivity contribution >= 4 is 41.1 Å². The third kappa shape index (κ3) is 13.5. The van der Waals surface area contributed by atoms with E-state index in [1.807, 2.05) is 123 Å². The smallest absolute Gasteiger partial charge is 0.414 e. The molecule has 1 fully saturated rings. The van der Waals surface area contributed by atoms with Crippen LogP contribution < -0.4 is 20.4 Å². The number of nitrogens with one attached hydrogen (secondary N) is 2. The van der Waals surface area contributed by atoms with Crippen molar-refractivity contribution in [2.75, 3.05) is 75.5 Å². The first-order valence-electron chi connectivity index (χ1n) is 20.3. The number of ether oxygens (including phenoxy) is 2. The van der Waals surface area contributed by atoms with E-state index in [1.54, 1.807) is 21.7 Å². The van der Waals surface area contributed by atoms with Crippen LogP contribution >= 0.6 is 0 Å². The number of benzene rings is 4. The van der Waals surface area contributed by atoms with Gasteiger partial charge in [0, 0.05) is 83.1 Å². The Kier molecular flexibility index (Phi) is 17.1. The third-order valence-corrected chi connectivity index (χ3v) is 10.4. The summed E-state index contributed by atoms with van der Waals surface area (Å²) in [5.41, 5.74) is 4.99. The van der Waals surface area contributed by atoms with E-state index in [0.717, 1.165) is 61.3 Å². The number of piperidine rings is 1. The van der Waals surface area contributed by atoms with Gasteiger partial charge in [-0.3, -0.25) is 19.8 Å². The van der Waals surface area contributed by atoms with E-state index >= 15 is 0 Å². The van der Waals surface area contributed by atoms with Gasteiger partial charge in [0.25, 0.3) is 0 Å². The number of unbranched alkanes of at least 4 members (excludes halogenated alkanes) is 2. The average molecular weight is 791 g/mol. The van der Waals surface area contributed by atoms with Crippen molar-refractivity contribution in [1.82, 2.24) is 15.1 Å². The van der Waals surface area contributed by atoms with Crippen LogP contribution in [0.5, 0.6) is 0 Å². The van der Waals surface area contributed by atoms with Gasteiger partial charge in [-0.25, -0.2) is 9.59 Å². The van der Waals surface area contributed by atoms with Crippen molar-refractivity contribution in [2.24, 2.45) is 0 Å². The summed E-state index contributed by atoms with van der Waals surface area (Å²) in [7, 11) is 5.40. The van der Waals surface area contributed by atoms with Gasteiger partial charge < -0.3 is 29.5 Å². The minimum Gasteiger partial charge on any atom is -0.446 e. The van der Waals surface area contributed by atoms with Gasteiger partial charge in [0.2, 0.25) is 11.8 Å². The standard InChI is InChI=1S/C46H58N6O6/c1-47-29-26-44(54)50(3)38-22-24-39(25-23-38)52(46(56)57-35-36-15-7-4-8-16-36)30-14-6-11-21-43(53)49(2)33-34-51-31-27-40(28-32-51)58-45(55)48-42-20-13-12-19-41(42)37-17-9-5-10-18-37/h4-5,7-10,12-13,15-20,22-25,40,47H,6,11,14,21,26-35H2,1-3H3,(H,48,55). The predicted octanol–water partition coefficient (Wildman–Crippen LogP) is 7.80. The maximum atomic E-state index is 13.4. The molecule has 0 saturated carbocycles. The summed E-state index contributed by atoms with van der Waals surface area (Å²) < 4.78 is 11.5. The van der Waals surface area contributed by atoms with Gasteiger partial charge in [-0.15, -0.1) is 0 Å². The van der Waals surface area contributed by atoms with Crippen LogP contribution in [0.2, 0.25) is 0 Å². The number of anilines is 3. The van der Waals surface area contributed by atoms with Gasteiger partial charge in [0.15, 0.2) is 0 Å². The Bertz CT molecular complexity index is 1890. The number of rotatable bonds is 19. The topological polar surface area (TPSA) is 124 Å². The second-order valence-corrected chi connectivity index (χ2v) is 14.6. The maximum absolute atomic E-state index is 13.4. The van der Waals surface area contributed by atoms with Gasteiger partial charge in [-0.1, -0.05) is 85.3 Å². The van der Waals surface area contributed by atoms with Crippen LogP contribution in [0.4, 0.5) is 26.7 Å². The SMILES string of the molecule is CNCCC(=O)N(C)c1ccc(N(CCCCCC(=O)N(C)CCN2CCC(OC(=O)Nc3ccccc3-c3ccccc3)CC2)C(=O)OCc2ccccc2)cc1. The Hall–Kier alpha value is -5.72. The number of carbonyl (C=O) groups excluding carboxylic acids is 4. The molecular formula is C46H58N6O6. The van der Waals surface area contributed by atoms with E-state index in [1.165, 1.54) is 0 Å². The molecule has 12 nitrogen and oxygen atoms in total. The van der Waals surface area contributed by atoms with Crippen LogP contribution in [-0.4, -0.2) is 100 Å². The minimum absolute atomic E-state index is 0.00295. The molecule has 0 radical (unpaired) electrons. The molecular weight excluding hydrogens is 733 g/mol. The lowest BCUT2D eigenvalue weighted by Crippen LogP contribution is -2.42. The molecule has 0 unspecified atom stereocenters. The molecule has 2 N–H and O–H groups in total. The fourth-order valence-electron chi connectivity index (χ4n) is 6.86. The van der Waals surface area contributed by atoms with E-state index in [-0.39, 0.29) is 24.5 Å². The van der Waals surface area contributed by atoms with E-state index in [2.05, 4.69) is 15.5 Å². The lowest BCUT2D eigenvalue weighted by Gasteiger charge is -2.32. The highest BCUT2D eigenvalue weighted by Crippen LogP contribution is 2.28. The molecule has 1 aliphatic rings. The molecule has 12 heteroatoms. The normalized spacial score (nSPS) is 13.0. The predicted molar refractivity (Wildman–Crippen MR) is 230 cm³/mol. The molecule has 4 aromatic carbocycles. The number of likely N-dealkylation sites (N-methyl/N-ethyl adjacent to an activating group) is 1. The summed E-state index contributed by atoms with van der Waals surface area (Å²) in [6.45, 7) is 4.13. The second-order valence-electron chi connectivity index (χ2n) is 14.6. The molecule has 4 aromatic rings. The largest absolute Gasteiger partial charge is 0.446 e. The number of nitrogens with zero attached hydrogens (tertiary/aromatic N) is 4. The maximum Gasteiger partial charge on any atom is 0.414 e. The average Bonchev–Trinajstić information content (AvgIpc) is 3.26. The zero-order valence-electron chi connectivity index (χ0n) is 34.1. The molecule has 5 rings (SSSR count). The summed E-state index contributed by atoms with van der Waals surface area (Å²) in [6.07, 6.45) is 3.38. The molecule has 0 bridgehead atoms. The van der Waals surface area contributed by atoms with Crippen LogP contribution in [0.1, 0.15) is 50.5 Å². The van der Waals surface area contributed by atoms with Gasteiger partial charge in [0.1, 0.15) is 12.7 Å². The van der Waals surface area contributed by atoms with Crippen molar-refractivity contribution in [3.05, 3.63) is 115 Å². The molecule has 0 aromatic heterocycles. The summed E-state index contributed by atoms with van der Waals surface area (Å²) in [5.74, 6) is 0.0885. The Morgan fingerprint density at radius 3 is 2.09 bits per heavy atom. The van der Waals surface area contributed by atoms with Gasteiger partial charge >= 0.3 is 12.2 Å². The Morgan fingerprint density at radius 1 is 0.724 bits per heavy atom. The van der Waals surface area contributed by atoms with E-state index in [4.69, 9.17) is 9.47 Å². The van der Waals surface area contributed by atoms with Crippen LogP contribution in [0.3, 0.4) is 0 Å². The van der Waals surface area contributed by atoms with Crippen molar-refractivity contribution in [3.8, 4) is 11.1 Å². The first-order valence-corrected chi connectivity index (χ1v) is 20.3. The number of amides is 4.